The molecule has 8 atom stereocenters. The maximum atomic E-state index is 13.2. The van der Waals surface area contributed by atoms with Crippen molar-refractivity contribution in [1.29, 1.82) is 0 Å². The number of ether oxygens (including phenoxy) is 1. The summed E-state index contributed by atoms with van der Waals surface area (Å²) in [6.07, 6.45) is 14.6. The highest BCUT2D eigenvalue weighted by molar-refractivity contribution is 6.30. The van der Waals surface area contributed by atoms with Crippen LogP contribution in [0.3, 0.4) is 0 Å². The normalized spacial score (nSPS) is 35.7. The van der Waals surface area contributed by atoms with E-state index in [9.17, 15) is 19.5 Å². The maximum Gasteiger partial charge on any atom is 0.309 e. The molecule has 1 aromatic carbocycles. The van der Waals surface area contributed by atoms with E-state index in [1.54, 1.807) is 25.0 Å². The van der Waals surface area contributed by atoms with Gasteiger partial charge in [0.2, 0.25) is 5.91 Å². The Morgan fingerprint density at radius 2 is 1.62 bits per heavy atom. The fourth-order valence-corrected chi connectivity index (χ4v) is 13.8. The molecule has 6 unspecified atom stereocenters. The molecule has 0 saturated heterocycles. The summed E-state index contributed by atoms with van der Waals surface area (Å²) in [5, 5.41) is 13.4. The number of rotatable bonds is 11. The first-order chi connectivity index (χ1) is 25.6. The summed E-state index contributed by atoms with van der Waals surface area (Å²) < 4.78 is 6.26. The first kappa shape index (κ1) is 42.0. The SMILES string of the molecule is C/C(=C\C(=O)NCc1ccc(Cl)cc1)CC12CCC(C(C)C)=C1C1CC[C@@H]3C4(C)CCC(OC(=O)CCC(C)(C)C(=O)O)C(C)(C)C4CCC3(C)[C@]1(C)CC2. The number of hydrogen-bond donors (Lipinski definition) is 2. The van der Waals surface area contributed by atoms with Crippen LogP contribution in [0.4, 0.5) is 0 Å². The Morgan fingerprint density at radius 1 is 0.927 bits per heavy atom. The van der Waals surface area contributed by atoms with E-state index in [-0.39, 0.29) is 57.9 Å². The van der Waals surface area contributed by atoms with Crippen LogP contribution in [-0.4, -0.2) is 29.1 Å². The standard InChI is InChI=1S/C48H70ClNO5/c1-30(2)34-17-24-48(28-31(3)27-39(51)50-29-32-11-13-33(49)14-12-32)26-25-46(9)35(41(34)48)15-16-37-45(8)22-19-38(44(6,7)36(45)18-23-47(37,46)10)55-40(52)20-21-43(4,5)42(53)54/h11-14,27,30,35-38H,15-26,28-29H2,1-10H3,(H,50,51)(H,53,54)/b31-27+/t35?,36?,37-,38?,45?,46-,47?,48?/m1/s1. The molecule has 6 rings (SSSR count). The molecule has 4 saturated carbocycles. The second kappa shape index (κ2) is 15.0. The van der Waals surface area contributed by atoms with E-state index >= 15 is 0 Å². The number of carboxylic acid groups (broad SMARTS) is 1. The number of fused-ring (bicyclic) bond motifs is 7. The van der Waals surface area contributed by atoms with Crippen LogP contribution >= 0.6 is 11.6 Å². The first-order valence-corrected chi connectivity index (χ1v) is 21.8. The number of halogens is 1. The molecule has 6 nitrogen and oxygen atoms in total. The molecule has 5 aliphatic carbocycles. The number of allylic oxidation sites excluding steroid dienone is 3. The van der Waals surface area contributed by atoms with Gasteiger partial charge in [-0.25, -0.2) is 0 Å². The third-order valence-electron chi connectivity index (χ3n) is 16.9. The van der Waals surface area contributed by atoms with Crippen LogP contribution in [0.2, 0.25) is 5.02 Å². The zero-order valence-electron chi connectivity index (χ0n) is 35.6. The number of benzene rings is 1. The monoisotopic (exact) mass is 775 g/mol. The largest absolute Gasteiger partial charge is 0.481 e. The Hall–Kier alpha value is -2.60. The van der Waals surface area contributed by atoms with Crippen LogP contribution in [0.25, 0.3) is 0 Å². The van der Waals surface area contributed by atoms with Gasteiger partial charge >= 0.3 is 11.9 Å². The Kier molecular flexibility index (Phi) is 11.4. The summed E-state index contributed by atoms with van der Waals surface area (Å²) in [5.74, 6) is 0.991. The minimum Gasteiger partial charge on any atom is -0.481 e. The molecule has 0 radical (unpaired) electrons. The molecule has 0 aromatic heterocycles. The van der Waals surface area contributed by atoms with Crippen molar-refractivity contribution in [2.75, 3.05) is 0 Å². The van der Waals surface area contributed by atoms with Gasteiger partial charge in [-0.2, -0.15) is 0 Å². The van der Waals surface area contributed by atoms with Gasteiger partial charge in [0.05, 0.1) is 5.41 Å². The van der Waals surface area contributed by atoms with E-state index in [0.29, 0.717) is 35.2 Å². The topological polar surface area (TPSA) is 92.7 Å². The van der Waals surface area contributed by atoms with Gasteiger partial charge in [0.25, 0.3) is 0 Å². The molecule has 0 spiro atoms. The van der Waals surface area contributed by atoms with Crippen LogP contribution < -0.4 is 5.32 Å². The summed E-state index contributed by atoms with van der Waals surface area (Å²) in [6.45, 7) is 23.4. The Labute approximate surface area is 337 Å². The first-order valence-electron chi connectivity index (χ1n) is 21.5. The zero-order valence-corrected chi connectivity index (χ0v) is 36.4. The molecule has 5 aliphatic rings. The summed E-state index contributed by atoms with van der Waals surface area (Å²) in [7, 11) is 0. The minimum absolute atomic E-state index is 0.0234. The maximum absolute atomic E-state index is 13.2. The molecule has 0 heterocycles. The molecule has 55 heavy (non-hydrogen) atoms. The highest BCUT2D eigenvalue weighted by Gasteiger charge is 2.69. The van der Waals surface area contributed by atoms with E-state index in [1.807, 2.05) is 30.3 Å². The lowest BCUT2D eigenvalue weighted by molar-refractivity contribution is -0.233. The van der Waals surface area contributed by atoms with Crippen molar-refractivity contribution in [3.8, 4) is 0 Å². The van der Waals surface area contributed by atoms with E-state index < -0.39 is 11.4 Å². The van der Waals surface area contributed by atoms with Crippen LogP contribution in [0.5, 0.6) is 0 Å². The number of carboxylic acids is 1. The number of nitrogens with one attached hydrogen (secondary N) is 1. The second-order valence-corrected chi connectivity index (χ2v) is 21.5. The average molecular weight is 777 g/mol. The van der Waals surface area contributed by atoms with Gasteiger partial charge in [-0.05, 0) is 161 Å². The van der Waals surface area contributed by atoms with Gasteiger partial charge in [-0.15, -0.1) is 0 Å². The van der Waals surface area contributed by atoms with E-state index in [2.05, 4.69) is 60.7 Å². The van der Waals surface area contributed by atoms with Gasteiger partial charge in [0.1, 0.15) is 6.10 Å². The molecule has 1 aromatic rings. The predicted molar refractivity (Wildman–Crippen MR) is 221 cm³/mol. The summed E-state index contributed by atoms with van der Waals surface area (Å²) in [4.78, 5) is 38.0. The number of aliphatic carboxylic acids is 1. The molecular formula is C48H70ClNO5. The predicted octanol–water partition coefficient (Wildman–Crippen LogP) is 11.9. The molecule has 1 amide bonds. The lowest BCUT2D eigenvalue weighted by Gasteiger charge is -2.72. The molecule has 4 fully saturated rings. The van der Waals surface area contributed by atoms with Gasteiger partial charge in [0, 0.05) is 29.5 Å². The van der Waals surface area contributed by atoms with Crippen LogP contribution in [-0.2, 0) is 25.7 Å². The lowest BCUT2D eigenvalue weighted by Crippen LogP contribution is -2.65. The van der Waals surface area contributed by atoms with E-state index in [1.165, 1.54) is 50.5 Å². The molecule has 304 valence electrons. The van der Waals surface area contributed by atoms with Crippen molar-refractivity contribution in [3.63, 3.8) is 0 Å². The highest BCUT2D eigenvalue weighted by atomic mass is 35.5. The summed E-state index contributed by atoms with van der Waals surface area (Å²) in [6, 6.07) is 7.64. The van der Waals surface area contributed by atoms with Crippen molar-refractivity contribution in [2.24, 2.45) is 56.2 Å². The summed E-state index contributed by atoms with van der Waals surface area (Å²) >= 11 is 6.06. The number of carbonyl (C=O) groups excluding carboxylic acids is 2. The molecular weight excluding hydrogens is 706 g/mol. The van der Waals surface area contributed by atoms with Gasteiger partial charge in [-0.3, -0.25) is 14.4 Å². The van der Waals surface area contributed by atoms with E-state index in [0.717, 1.165) is 31.2 Å². The van der Waals surface area contributed by atoms with Crippen molar-refractivity contribution >= 4 is 29.4 Å². The zero-order chi connectivity index (χ0) is 40.4. The Bertz CT molecular complexity index is 1720. The van der Waals surface area contributed by atoms with Gasteiger partial charge in [-0.1, -0.05) is 88.9 Å². The van der Waals surface area contributed by atoms with Crippen molar-refractivity contribution in [2.45, 2.75) is 165 Å². The van der Waals surface area contributed by atoms with Crippen molar-refractivity contribution < 1.29 is 24.2 Å². The van der Waals surface area contributed by atoms with Gasteiger partial charge < -0.3 is 15.2 Å². The number of amides is 1. The minimum atomic E-state index is -0.948. The van der Waals surface area contributed by atoms with Crippen molar-refractivity contribution in [3.05, 3.63) is 57.6 Å². The third kappa shape index (κ3) is 7.38. The lowest BCUT2D eigenvalue weighted by atomic mass is 9.33. The highest BCUT2D eigenvalue weighted by Crippen LogP contribution is 2.77. The van der Waals surface area contributed by atoms with Crippen molar-refractivity contribution in [1.82, 2.24) is 5.32 Å². The molecule has 2 N–H and O–H groups in total. The molecule has 7 heteroatoms. The number of esters is 1. The Morgan fingerprint density at radius 3 is 2.27 bits per heavy atom. The number of carbonyl (C=O) groups is 3. The quantitative estimate of drug-likeness (QED) is 0.133. The third-order valence-corrected chi connectivity index (χ3v) is 17.2. The van der Waals surface area contributed by atoms with Crippen LogP contribution in [0.15, 0.2) is 47.1 Å². The van der Waals surface area contributed by atoms with Crippen LogP contribution in [0.1, 0.15) is 158 Å². The molecule has 0 bridgehead atoms. The average Bonchev–Trinajstić information content (AvgIpc) is 3.48. The fraction of sp³-hybridized carbons (Fsp3) is 0.729. The van der Waals surface area contributed by atoms with Gasteiger partial charge in [0.15, 0.2) is 0 Å². The number of hydrogen-bond acceptors (Lipinski definition) is 4. The molecule has 0 aliphatic heterocycles. The second-order valence-electron chi connectivity index (χ2n) is 21.0. The van der Waals surface area contributed by atoms with E-state index in [4.69, 9.17) is 16.3 Å². The fourth-order valence-electron chi connectivity index (χ4n) is 13.6. The van der Waals surface area contributed by atoms with Crippen LogP contribution in [0, 0.1) is 56.2 Å². The Balaban J connectivity index is 1.20. The summed E-state index contributed by atoms with van der Waals surface area (Å²) in [5.41, 5.74) is 5.30. The smallest absolute Gasteiger partial charge is 0.309 e.